The van der Waals surface area contributed by atoms with Crippen LogP contribution >= 0.6 is 0 Å². The standard InChI is InChI=1S/C29H30N4O3/c1-18-9-10-23-21(13-18)16-22-17-29(26(34)31(2)28(36)32(3)27(29)35)24-15-20(11-12-33(24)25(22)30-23)14-19-7-5-4-6-8-19/h4-10,13,16,20,24H,11-12,14-15,17H2,1-3H3/t20-,24-/m0/s1. The van der Waals surface area contributed by atoms with E-state index in [4.69, 9.17) is 4.98 Å². The largest absolute Gasteiger partial charge is 0.352 e. The summed E-state index contributed by atoms with van der Waals surface area (Å²) in [5.74, 6) is 0.383. The molecule has 7 nitrogen and oxygen atoms in total. The quantitative estimate of drug-likeness (QED) is 0.517. The van der Waals surface area contributed by atoms with E-state index in [1.165, 1.54) is 19.7 Å². The van der Waals surface area contributed by atoms with Crippen molar-refractivity contribution in [3.8, 4) is 0 Å². The number of amides is 4. The van der Waals surface area contributed by atoms with Crippen LogP contribution in [0, 0.1) is 18.3 Å². The van der Waals surface area contributed by atoms with E-state index in [1.807, 2.05) is 31.2 Å². The number of rotatable bonds is 2. The van der Waals surface area contributed by atoms with Gasteiger partial charge in [-0.3, -0.25) is 19.4 Å². The molecule has 0 aliphatic carbocycles. The SMILES string of the molecule is Cc1ccc2nc3c(cc2c1)CC1(C(=O)N(C)C(=O)N(C)C1=O)[C@@H]1C[C@H](Cc2ccccc2)CCN31. The molecule has 1 aromatic heterocycles. The average Bonchev–Trinajstić information content (AvgIpc) is 2.89. The first-order valence-electron chi connectivity index (χ1n) is 12.6. The van der Waals surface area contributed by atoms with Gasteiger partial charge in [-0.25, -0.2) is 9.78 Å². The fourth-order valence-electron chi connectivity index (χ4n) is 6.54. The van der Waals surface area contributed by atoms with Gasteiger partial charge in [-0.2, -0.15) is 0 Å². The van der Waals surface area contributed by atoms with Crippen molar-refractivity contribution < 1.29 is 14.4 Å². The molecule has 0 radical (unpaired) electrons. The van der Waals surface area contributed by atoms with Gasteiger partial charge < -0.3 is 4.90 Å². The summed E-state index contributed by atoms with van der Waals surface area (Å²) in [5, 5.41) is 0.995. The maximum absolute atomic E-state index is 13.9. The zero-order valence-corrected chi connectivity index (χ0v) is 20.9. The summed E-state index contributed by atoms with van der Waals surface area (Å²) in [5.41, 5.74) is 2.84. The lowest BCUT2D eigenvalue weighted by molar-refractivity contribution is -0.160. The van der Waals surface area contributed by atoms with Gasteiger partial charge in [0, 0.05) is 32.4 Å². The first-order chi connectivity index (χ1) is 17.3. The van der Waals surface area contributed by atoms with E-state index in [9.17, 15) is 14.4 Å². The van der Waals surface area contributed by atoms with Crippen molar-refractivity contribution in [2.45, 2.75) is 38.6 Å². The normalized spacial score (nSPS) is 23.3. The van der Waals surface area contributed by atoms with E-state index in [0.717, 1.165) is 50.5 Å². The number of benzene rings is 2. The first-order valence-corrected chi connectivity index (χ1v) is 12.6. The van der Waals surface area contributed by atoms with Crippen molar-refractivity contribution >= 4 is 34.6 Å². The maximum atomic E-state index is 13.9. The smallest absolute Gasteiger partial charge is 0.332 e. The van der Waals surface area contributed by atoms with Gasteiger partial charge in [0.25, 0.3) is 0 Å². The highest BCUT2D eigenvalue weighted by Crippen LogP contribution is 2.49. The lowest BCUT2D eigenvalue weighted by Crippen LogP contribution is -2.72. The number of carbonyl (C=O) groups is 3. The number of piperidine rings is 1. The molecule has 0 unspecified atom stereocenters. The van der Waals surface area contributed by atoms with Crippen LogP contribution < -0.4 is 4.90 Å². The van der Waals surface area contributed by atoms with Crippen LogP contribution in [0.2, 0.25) is 0 Å². The van der Waals surface area contributed by atoms with Crippen molar-refractivity contribution in [1.82, 2.24) is 14.8 Å². The minimum atomic E-state index is -1.35. The van der Waals surface area contributed by atoms with Crippen molar-refractivity contribution in [3.05, 3.63) is 71.3 Å². The topological polar surface area (TPSA) is 73.8 Å². The summed E-state index contributed by atoms with van der Waals surface area (Å²) < 4.78 is 0. The predicted octanol–water partition coefficient (Wildman–Crippen LogP) is 3.96. The lowest BCUT2D eigenvalue weighted by Gasteiger charge is -2.55. The number of pyridine rings is 1. The summed E-state index contributed by atoms with van der Waals surface area (Å²) in [7, 11) is 2.98. The number of nitrogens with zero attached hydrogens (tertiary/aromatic N) is 4. The Bertz CT molecular complexity index is 1380. The third kappa shape index (κ3) is 3.25. The van der Waals surface area contributed by atoms with E-state index in [2.05, 4.69) is 35.2 Å². The second-order valence-electron chi connectivity index (χ2n) is 10.6. The minimum absolute atomic E-state index is 0.248. The molecule has 0 saturated carbocycles. The van der Waals surface area contributed by atoms with Gasteiger partial charge in [0.05, 0.1) is 11.6 Å². The Morgan fingerprint density at radius 3 is 2.42 bits per heavy atom. The maximum Gasteiger partial charge on any atom is 0.332 e. The number of hydrogen-bond donors (Lipinski definition) is 0. The molecule has 3 aliphatic rings. The van der Waals surface area contributed by atoms with Crippen LogP contribution in [0.4, 0.5) is 10.6 Å². The van der Waals surface area contributed by atoms with Gasteiger partial charge in [-0.05, 0) is 61.4 Å². The Labute approximate surface area is 210 Å². The molecule has 2 fully saturated rings. The van der Waals surface area contributed by atoms with Crippen molar-refractivity contribution in [2.24, 2.45) is 11.3 Å². The Balaban J connectivity index is 1.49. The second-order valence-corrected chi connectivity index (χ2v) is 10.6. The average molecular weight is 483 g/mol. The summed E-state index contributed by atoms with van der Waals surface area (Å²) in [6, 6.07) is 17.7. The fourth-order valence-corrected chi connectivity index (χ4v) is 6.54. The Kier molecular flexibility index (Phi) is 5.14. The zero-order chi connectivity index (χ0) is 25.2. The van der Waals surface area contributed by atoms with Crippen molar-refractivity contribution in [3.63, 3.8) is 0 Å². The van der Waals surface area contributed by atoms with Crippen LogP contribution in [-0.4, -0.2) is 59.3 Å². The summed E-state index contributed by atoms with van der Waals surface area (Å²) >= 11 is 0. The molecule has 2 aromatic carbocycles. The third-order valence-electron chi connectivity index (χ3n) is 8.36. The number of imide groups is 2. The van der Waals surface area contributed by atoms with Gasteiger partial charge >= 0.3 is 6.03 Å². The third-order valence-corrected chi connectivity index (χ3v) is 8.36. The highest BCUT2D eigenvalue weighted by molar-refractivity contribution is 6.20. The number of aryl methyl sites for hydroxylation is 1. The molecule has 3 aromatic rings. The summed E-state index contributed by atoms with van der Waals surface area (Å²) in [4.78, 5) is 50.0. The molecule has 2 atom stereocenters. The number of carbonyl (C=O) groups excluding carboxylic acids is 3. The highest BCUT2D eigenvalue weighted by atomic mass is 16.2. The van der Waals surface area contributed by atoms with Crippen LogP contribution in [-0.2, 0) is 22.4 Å². The molecule has 3 aliphatic heterocycles. The molecule has 184 valence electrons. The molecule has 7 heteroatoms. The van der Waals surface area contributed by atoms with Gasteiger partial charge in [0.2, 0.25) is 11.8 Å². The summed E-state index contributed by atoms with van der Waals surface area (Å²) in [6.07, 6.45) is 2.78. The molecule has 36 heavy (non-hydrogen) atoms. The fraction of sp³-hybridized carbons (Fsp3) is 0.379. The predicted molar refractivity (Wildman–Crippen MR) is 138 cm³/mol. The number of fused-ring (bicyclic) bond motifs is 5. The van der Waals surface area contributed by atoms with Gasteiger partial charge in [-0.15, -0.1) is 0 Å². The van der Waals surface area contributed by atoms with Crippen LogP contribution in [0.15, 0.2) is 54.6 Å². The molecule has 0 bridgehead atoms. The lowest BCUT2D eigenvalue weighted by atomic mass is 9.64. The van der Waals surface area contributed by atoms with E-state index < -0.39 is 23.3 Å². The van der Waals surface area contributed by atoms with Crippen LogP contribution in [0.3, 0.4) is 0 Å². The van der Waals surface area contributed by atoms with Gasteiger partial charge in [0.15, 0.2) is 5.41 Å². The van der Waals surface area contributed by atoms with Gasteiger partial charge in [-0.1, -0.05) is 42.0 Å². The second kappa shape index (κ2) is 8.15. The molecule has 0 N–H and O–H groups in total. The van der Waals surface area contributed by atoms with Crippen molar-refractivity contribution in [1.29, 1.82) is 0 Å². The molecule has 4 heterocycles. The number of urea groups is 1. The molecular formula is C29H30N4O3. The van der Waals surface area contributed by atoms with E-state index in [0.29, 0.717) is 18.9 Å². The Morgan fingerprint density at radius 2 is 1.69 bits per heavy atom. The molecule has 1 spiro atoms. The number of hydrogen-bond acceptors (Lipinski definition) is 5. The van der Waals surface area contributed by atoms with E-state index >= 15 is 0 Å². The van der Waals surface area contributed by atoms with Gasteiger partial charge in [0.1, 0.15) is 5.82 Å². The van der Waals surface area contributed by atoms with E-state index in [-0.39, 0.29) is 12.5 Å². The Hall–Kier alpha value is -3.74. The molecule has 6 rings (SSSR count). The number of barbiturate groups is 1. The minimum Gasteiger partial charge on any atom is -0.352 e. The van der Waals surface area contributed by atoms with Crippen molar-refractivity contribution in [2.75, 3.05) is 25.5 Å². The molecule has 2 saturated heterocycles. The summed E-state index contributed by atoms with van der Waals surface area (Å²) in [6.45, 7) is 2.75. The number of aromatic nitrogens is 1. The zero-order valence-electron chi connectivity index (χ0n) is 20.9. The highest BCUT2D eigenvalue weighted by Gasteiger charge is 2.64. The first kappa shape index (κ1) is 22.7. The van der Waals surface area contributed by atoms with Crippen LogP contribution in [0.1, 0.15) is 29.5 Å². The number of anilines is 1. The van der Waals surface area contributed by atoms with E-state index in [1.54, 1.807) is 0 Å². The molecular weight excluding hydrogens is 452 g/mol. The van der Waals surface area contributed by atoms with Crippen LogP contribution in [0.25, 0.3) is 10.9 Å². The Morgan fingerprint density at radius 1 is 0.972 bits per heavy atom. The molecule has 4 amide bonds. The van der Waals surface area contributed by atoms with Crippen LogP contribution in [0.5, 0.6) is 0 Å². The monoisotopic (exact) mass is 482 g/mol.